The van der Waals surface area contributed by atoms with Crippen molar-refractivity contribution in [2.24, 2.45) is 5.92 Å². The van der Waals surface area contributed by atoms with Crippen LogP contribution in [0.25, 0.3) is 11.0 Å². The molecule has 1 aliphatic heterocycles. The van der Waals surface area contributed by atoms with Crippen LogP contribution in [0.3, 0.4) is 0 Å². The minimum Gasteiger partial charge on any atom is -0.493 e. The molecule has 0 N–H and O–H groups in total. The van der Waals surface area contributed by atoms with Gasteiger partial charge in [-0.2, -0.15) is 0 Å². The smallest absolute Gasteiger partial charge is 0.253 e. The molecule has 0 unspecified atom stereocenters. The number of carbonyl (C=O) groups is 1. The van der Waals surface area contributed by atoms with Crippen molar-refractivity contribution in [2.75, 3.05) is 19.7 Å². The SMILES string of the molecule is Cc1cnccc1OCC1CCN(C(=O)c2ccc3nccnc3c2)CC1. The summed E-state index contributed by atoms with van der Waals surface area (Å²) in [7, 11) is 0. The van der Waals surface area contributed by atoms with Crippen molar-refractivity contribution in [3.63, 3.8) is 0 Å². The van der Waals surface area contributed by atoms with E-state index in [1.165, 1.54) is 0 Å². The molecular weight excluding hydrogens is 340 g/mol. The molecule has 6 heteroatoms. The van der Waals surface area contributed by atoms with Crippen LogP contribution in [0.4, 0.5) is 0 Å². The second-order valence-corrected chi connectivity index (χ2v) is 6.95. The molecule has 4 rings (SSSR count). The standard InChI is InChI=1S/C21H22N4O2/c1-15-13-22-7-4-20(15)27-14-16-5-10-25(11-6-16)21(26)17-2-3-18-19(12-17)24-9-8-23-18/h2-4,7-9,12-13,16H,5-6,10-11,14H2,1H3. The van der Waals surface area contributed by atoms with Gasteiger partial charge in [0.15, 0.2) is 0 Å². The number of hydrogen-bond acceptors (Lipinski definition) is 5. The predicted octanol–water partition coefficient (Wildman–Crippen LogP) is 3.26. The van der Waals surface area contributed by atoms with Gasteiger partial charge in [0.2, 0.25) is 0 Å². The van der Waals surface area contributed by atoms with E-state index in [1.807, 2.05) is 42.3 Å². The second-order valence-electron chi connectivity index (χ2n) is 6.95. The summed E-state index contributed by atoms with van der Waals surface area (Å²) in [4.78, 5) is 27.4. The van der Waals surface area contributed by atoms with Crippen molar-refractivity contribution in [3.8, 4) is 5.75 Å². The minimum atomic E-state index is 0.0619. The van der Waals surface area contributed by atoms with Crippen LogP contribution in [0.5, 0.6) is 5.75 Å². The Morgan fingerprint density at radius 3 is 2.67 bits per heavy atom. The van der Waals surface area contributed by atoms with Crippen molar-refractivity contribution < 1.29 is 9.53 Å². The van der Waals surface area contributed by atoms with Crippen LogP contribution >= 0.6 is 0 Å². The molecule has 0 bridgehead atoms. The van der Waals surface area contributed by atoms with Gasteiger partial charge >= 0.3 is 0 Å². The summed E-state index contributed by atoms with van der Waals surface area (Å²) in [6.45, 7) is 4.18. The van der Waals surface area contributed by atoms with Gasteiger partial charge < -0.3 is 9.64 Å². The van der Waals surface area contributed by atoms with Crippen molar-refractivity contribution in [1.82, 2.24) is 19.9 Å². The summed E-state index contributed by atoms with van der Waals surface area (Å²) < 4.78 is 5.95. The van der Waals surface area contributed by atoms with Crippen LogP contribution in [0.15, 0.2) is 49.1 Å². The van der Waals surface area contributed by atoms with Gasteiger partial charge in [-0.25, -0.2) is 0 Å². The van der Waals surface area contributed by atoms with E-state index in [1.54, 1.807) is 18.6 Å². The maximum Gasteiger partial charge on any atom is 0.253 e. The van der Waals surface area contributed by atoms with Crippen LogP contribution in [-0.4, -0.2) is 45.5 Å². The third-order valence-electron chi connectivity index (χ3n) is 5.06. The van der Waals surface area contributed by atoms with E-state index in [4.69, 9.17) is 4.74 Å². The first-order valence-corrected chi connectivity index (χ1v) is 9.24. The van der Waals surface area contributed by atoms with Gasteiger partial charge in [0, 0.05) is 49.0 Å². The summed E-state index contributed by atoms with van der Waals surface area (Å²) in [6.07, 6.45) is 8.76. The molecule has 2 aromatic heterocycles. The average molecular weight is 362 g/mol. The van der Waals surface area contributed by atoms with E-state index < -0.39 is 0 Å². The molecule has 3 heterocycles. The Balaban J connectivity index is 1.34. The highest BCUT2D eigenvalue weighted by atomic mass is 16.5. The van der Waals surface area contributed by atoms with Crippen LogP contribution in [0.1, 0.15) is 28.8 Å². The number of pyridine rings is 1. The van der Waals surface area contributed by atoms with E-state index in [0.29, 0.717) is 18.1 Å². The van der Waals surface area contributed by atoms with E-state index in [2.05, 4.69) is 15.0 Å². The molecule has 0 atom stereocenters. The number of hydrogen-bond donors (Lipinski definition) is 0. The maximum atomic E-state index is 12.8. The predicted molar refractivity (Wildman–Crippen MR) is 103 cm³/mol. The normalized spacial score (nSPS) is 15.1. The molecule has 1 aliphatic rings. The molecule has 1 saturated heterocycles. The number of fused-ring (bicyclic) bond motifs is 1. The molecule has 0 saturated carbocycles. The van der Waals surface area contributed by atoms with Crippen molar-refractivity contribution in [1.29, 1.82) is 0 Å². The van der Waals surface area contributed by atoms with Crippen molar-refractivity contribution in [2.45, 2.75) is 19.8 Å². The lowest BCUT2D eigenvalue weighted by Gasteiger charge is -2.32. The summed E-state index contributed by atoms with van der Waals surface area (Å²) in [6, 6.07) is 7.41. The molecule has 6 nitrogen and oxygen atoms in total. The second kappa shape index (κ2) is 7.70. The topological polar surface area (TPSA) is 68.2 Å². The quantitative estimate of drug-likeness (QED) is 0.712. The first-order chi connectivity index (χ1) is 13.2. The number of ether oxygens (including phenoxy) is 1. The molecule has 138 valence electrons. The van der Waals surface area contributed by atoms with Gasteiger partial charge in [-0.15, -0.1) is 0 Å². The van der Waals surface area contributed by atoms with E-state index in [9.17, 15) is 4.79 Å². The molecule has 1 amide bonds. The third-order valence-corrected chi connectivity index (χ3v) is 5.06. The number of likely N-dealkylation sites (tertiary alicyclic amines) is 1. The monoisotopic (exact) mass is 362 g/mol. The van der Waals surface area contributed by atoms with Crippen LogP contribution in [0.2, 0.25) is 0 Å². The largest absolute Gasteiger partial charge is 0.493 e. The van der Waals surface area contributed by atoms with Crippen LogP contribution in [-0.2, 0) is 0 Å². The van der Waals surface area contributed by atoms with Crippen molar-refractivity contribution in [3.05, 3.63) is 60.2 Å². The number of carbonyl (C=O) groups excluding carboxylic acids is 1. The highest BCUT2D eigenvalue weighted by Crippen LogP contribution is 2.22. The molecule has 1 aromatic carbocycles. The lowest BCUT2D eigenvalue weighted by Crippen LogP contribution is -2.39. The molecular formula is C21H22N4O2. The lowest BCUT2D eigenvalue weighted by atomic mass is 9.97. The van der Waals surface area contributed by atoms with E-state index in [0.717, 1.165) is 48.3 Å². The maximum absolute atomic E-state index is 12.8. The summed E-state index contributed by atoms with van der Waals surface area (Å²) in [5.41, 5.74) is 3.27. The van der Waals surface area contributed by atoms with Gasteiger partial charge in [-0.3, -0.25) is 19.7 Å². The number of amides is 1. The fourth-order valence-corrected chi connectivity index (χ4v) is 3.41. The first kappa shape index (κ1) is 17.4. The summed E-state index contributed by atoms with van der Waals surface area (Å²) >= 11 is 0. The van der Waals surface area contributed by atoms with Gasteiger partial charge in [0.05, 0.1) is 17.6 Å². The zero-order valence-corrected chi connectivity index (χ0v) is 15.3. The molecule has 3 aromatic rings. The summed E-state index contributed by atoms with van der Waals surface area (Å²) in [5.74, 6) is 1.41. The van der Waals surface area contributed by atoms with Gasteiger partial charge in [-0.1, -0.05) is 0 Å². The Bertz CT molecular complexity index is 952. The Kier molecular flexibility index (Phi) is 4.96. The third kappa shape index (κ3) is 3.89. The zero-order valence-electron chi connectivity index (χ0n) is 15.3. The fourth-order valence-electron chi connectivity index (χ4n) is 3.41. The minimum absolute atomic E-state index is 0.0619. The Hall–Kier alpha value is -3.02. The molecule has 0 spiro atoms. The Morgan fingerprint density at radius 2 is 1.89 bits per heavy atom. The highest BCUT2D eigenvalue weighted by molar-refractivity contribution is 5.97. The number of aryl methyl sites for hydroxylation is 1. The number of nitrogens with zero attached hydrogens (tertiary/aromatic N) is 4. The Morgan fingerprint density at radius 1 is 1.11 bits per heavy atom. The molecule has 0 aliphatic carbocycles. The van der Waals surface area contributed by atoms with Gasteiger partial charge in [0.25, 0.3) is 5.91 Å². The van der Waals surface area contributed by atoms with Gasteiger partial charge in [0.1, 0.15) is 5.75 Å². The van der Waals surface area contributed by atoms with Gasteiger partial charge in [-0.05, 0) is 49.9 Å². The Labute approximate surface area is 158 Å². The first-order valence-electron chi connectivity index (χ1n) is 9.24. The lowest BCUT2D eigenvalue weighted by molar-refractivity contribution is 0.0661. The van der Waals surface area contributed by atoms with Crippen LogP contribution < -0.4 is 4.74 Å². The van der Waals surface area contributed by atoms with Crippen molar-refractivity contribution >= 4 is 16.9 Å². The molecule has 0 radical (unpaired) electrons. The molecule has 27 heavy (non-hydrogen) atoms. The average Bonchev–Trinajstić information content (AvgIpc) is 2.73. The highest BCUT2D eigenvalue weighted by Gasteiger charge is 2.24. The summed E-state index contributed by atoms with van der Waals surface area (Å²) in [5, 5.41) is 0. The number of rotatable bonds is 4. The van der Waals surface area contributed by atoms with E-state index >= 15 is 0 Å². The number of piperidine rings is 1. The fraction of sp³-hybridized carbons (Fsp3) is 0.333. The molecule has 1 fully saturated rings. The van der Waals surface area contributed by atoms with Crippen LogP contribution in [0, 0.1) is 12.8 Å². The van der Waals surface area contributed by atoms with E-state index in [-0.39, 0.29) is 5.91 Å². The number of aromatic nitrogens is 3. The zero-order chi connectivity index (χ0) is 18.6. The number of benzene rings is 1.